The molecule has 7 heteroatoms. The Labute approximate surface area is 206 Å². The van der Waals surface area contributed by atoms with E-state index in [0.717, 1.165) is 50.4 Å². The molecule has 0 radical (unpaired) electrons. The van der Waals surface area contributed by atoms with E-state index in [1.54, 1.807) is 4.90 Å². The zero-order valence-corrected chi connectivity index (χ0v) is 20.0. The Hall–Kier alpha value is -3.19. The van der Waals surface area contributed by atoms with Gasteiger partial charge in [0.05, 0.1) is 22.0 Å². The molecule has 0 spiro atoms. The van der Waals surface area contributed by atoms with Crippen LogP contribution < -0.4 is 4.90 Å². The molecule has 0 aliphatic carbocycles. The summed E-state index contributed by atoms with van der Waals surface area (Å²) < 4.78 is 1.83. The summed E-state index contributed by atoms with van der Waals surface area (Å²) in [6, 6.07) is 25.2. The molecular weight excluding hydrogens is 470 g/mol. The molecule has 1 amide bonds. The highest BCUT2D eigenvalue weighted by atomic mass is 35.5. The quantitative estimate of drug-likeness (QED) is 0.220. The minimum Gasteiger partial charge on any atom is -0.261 e. The molecule has 33 heavy (non-hydrogen) atoms. The van der Waals surface area contributed by atoms with Crippen LogP contribution >= 0.6 is 35.6 Å². The molecule has 162 valence electrons. The van der Waals surface area contributed by atoms with Gasteiger partial charge in [-0.2, -0.15) is 5.10 Å². The van der Waals surface area contributed by atoms with Crippen molar-refractivity contribution in [3.8, 4) is 16.9 Å². The number of anilines is 1. The van der Waals surface area contributed by atoms with Crippen LogP contribution in [0.4, 0.5) is 10.5 Å². The van der Waals surface area contributed by atoms with Crippen molar-refractivity contribution >= 4 is 57.6 Å². The maximum Gasteiger partial charge on any atom is 0.296 e. The lowest BCUT2D eigenvalue weighted by Crippen LogP contribution is -2.26. The SMILES string of the molecule is Cc1ccc(N2C(=O)SC(=Cc3cn(-c4ccccc4)nc3-c3ccc(Cl)cc3)C2=S)cc1. The summed E-state index contributed by atoms with van der Waals surface area (Å²) in [6.45, 7) is 2.01. The van der Waals surface area contributed by atoms with Crippen molar-refractivity contribution in [2.24, 2.45) is 0 Å². The van der Waals surface area contributed by atoms with Gasteiger partial charge in [0.25, 0.3) is 5.24 Å². The number of benzene rings is 3. The molecule has 0 bridgehead atoms. The number of carbonyl (C=O) groups excluding carboxylic acids is 1. The number of thiocarbonyl (C=S) groups is 1. The summed E-state index contributed by atoms with van der Waals surface area (Å²) in [5, 5.41) is 5.38. The van der Waals surface area contributed by atoms with E-state index >= 15 is 0 Å². The van der Waals surface area contributed by atoms with Crippen molar-refractivity contribution in [3.05, 3.63) is 106 Å². The molecular formula is C26H18ClN3OS2. The topological polar surface area (TPSA) is 38.1 Å². The van der Waals surface area contributed by atoms with Gasteiger partial charge in [-0.25, -0.2) is 4.68 Å². The molecule has 0 atom stereocenters. The van der Waals surface area contributed by atoms with Gasteiger partial charge in [-0.3, -0.25) is 9.69 Å². The third-order valence-corrected chi connectivity index (χ3v) is 6.93. The molecule has 0 saturated carbocycles. The van der Waals surface area contributed by atoms with Gasteiger partial charge in [-0.15, -0.1) is 0 Å². The van der Waals surface area contributed by atoms with Crippen molar-refractivity contribution in [2.45, 2.75) is 6.92 Å². The van der Waals surface area contributed by atoms with Crippen molar-refractivity contribution in [1.29, 1.82) is 0 Å². The van der Waals surface area contributed by atoms with Crippen LogP contribution in [0.2, 0.25) is 5.02 Å². The van der Waals surface area contributed by atoms with Gasteiger partial charge < -0.3 is 0 Å². The predicted octanol–water partition coefficient (Wildman–Crippen LogP) is 7.54. The Morgan fingerprint density at radius 1 is 0.939 bits per heavy atom. The number of carbonyl (C=O) groups is 1. The number of hydrogen-bond donors (Lipinski definition) is 0. The lowest BCUT2D eigenvalue weighted by Gasteiger charge is -2.14. The average Bonchev–Trinajstić information content (AvgIpc) is 3.36. The van der Waals surface area contributed by atoms with E-state index in [0.29, 0.717) is 10.0 Å². The molecule has 4 aromatic rings. The summed E-state index contributed by atoms with van der Waals surface area (Å²) in [7, 11) is 0. The number of amides is 1. The van der Waals surface area contributed by atoms with Crippen molar-refractivity contribution in [1.82, 2.24) is 9.78 Å². The van der Waals surface area contributed by atoms with Gasteiger partial charge in [0.2, 0.25) is 0 Å². The third-order valence-electron chi connectivity index (χ3n) is 5.25. The Kier molecular flexibility index (Phi) is 5.89. The number of aromatic nitrogens is 2. The lowest BCUT2D eigenvalue weighted by atomic mass is 10.1. The Bertz CT molecular complexity index is 1380. The summed E-state index contributed by atoms with van der Waals surface area (Å²) in [5.41, 5.74) is 5.41. The first-order valence-corrected chi connectivity index (χ1v) is 11.9. The molecule has 2 heterocycles. The fourth-order valence-electron chi connectivity index (χ4n) is 3.56. The van der Waals surface area contributed by atoms with Crippen molar-refractivity contribution in [3.63, 3.8) is 0 Å². The Morgan fingerprint density at radius 3 is 2.33 bits per heavy atom. The van der Waals surface area contributed by atoms with Crippen LogP contribution in [0.3, 0.4) is 0 Å². The van der Waals surface area contributed by atoms with Gasteiger partial charge >= 0.3 is 0 Å². The first-order valence-electron chi connectivity index (χ1n) is 10.3. The number of aryl methyl sites for hydroxylation is 1. The molecule has 1 aromatic heterocycles. The zero-order valence-electron chi connectivity index (χ0n) is 17.6. The highest BCUT2D eigenvalue weighted by Crippen LogP contribution is 2.38. The van der Waals surface area contributed by atoms with E-state index in [1.165, 1.54) is 0 Å². The molecule has 1 fully saturated rings. The number of halogens is 1. The molecule has 5 rings (SSSR count). The zero-order chi connectivity index (χ0) is 22.9. The lowest BCUT2D eigenvalue weighted by molar-refractivity contribution is 0.268. The number of rotatable bonds is 4. The van der Waals surface area contributed by atoms with E-state index in [4.69, 9.17) is 28.9 Å². The maximum atomic E-state index is 12.8. The largest absolute Gasteiger partial charge is 0.296 e. The standard InChI is InChI=1S/C26H18ClN3OS2/c1-17-7-13-22(14-8-17)30-25(32)23(33-26(30)31)15-19-16-29(21-5-3-2-4-6-21)28-24(19)18-9-11-20(27)12-10-18/h2-16H,1H3. The molecule has 3 aromatic carbocycles. The van der Waals surface area contributed by atoms with Gasteiger partial charge in [0, 0.05) is 22.3 Å². The minimum absolute atomic E-state index is 0.112. The number of hydrogen-bond acceptors (Lipinski definition) is 4. The molecule has 1 aliphatic heterocycles. The van der Waals surface area contributed by atoms with Gasteiger partial charge in [0.1, 0.15) is 4.99 Å². The summed E-state index contributed by atoms with van der Waals surface area (Å²) in [4.78, 5) is 15.6. The van der Waals surface area contributed by atoms with E-state index in [1.807, 2.05) is 103 Å². The molecule has 1 saturated heterocycles. The Morgan fingerprint density at radius 2 is 1.64 bits per heavy atom. The number of para-hydroxylation sites is 1. The van der Waals surface area contributed by atoms with E-state index in [9.17, 15) is 4.79 Å². The minimum atomic E-state index is -0.112. The highest BCUT2D eigenvalue weighted by Gasteiger charge is 2.33. The summed E-state index contributed by atoms with van der Waals surface area (Å²) in [5.74, 6) is 0. The predicted molar refractivity (Wildman–Crippen MR) is 141 cm³/mol. The maximum absolute atomic E-state index is 12.8. The number of nitrogens with zero attached hydrogens (tertiary/aromatic N) is 3. The molecule has 1 aliphatic rings. The van der Waals surface area contributed by atoms with Crippen molar-refractivity contribution < 1.29 is 4.79 Å². The normalized spacial score (nSPS) is 15.0. The second-order valence-corrected chi connectivity index (χ2v) is 9.39. The first-order chi connectivity index (χ1) is 16.0. The highest BCUT2D eigenvalue weighted by molar-refractivity contribution is 8.20. The van der Waals surface area contributed by atoms with Gasteiger partial charge in [-0.1, -0.05) is 71.8 Å². The molecule has 4 nitrogen and oxygen atoms in total. The second kappa shape index (κ2) is 8.98. The van der Waals surface area contributed by atoms with Crippen LogP contribution in [-0.2, 0) is 0 Å². The van der Waals surface area contributed by atoms with Gasteiger partial charge in [0.15, 0.2) is 0 Å². The Balaban J connectivity index is 1.57. The smallest absolute Gasteiger partial charge is 0.261 e. The fourth-order valence-corrected chi connectivity index (χ4v) is 4.96. The van der Waals surface area contributed by atoms with Crippen LogP contribution in [0.5, 0.6) is 0 Å². The van der Waals surface area contributed by atoms with Crippen LogP contribution in [0.25, 0.3) is 23.0 Å². The second-order valence-electron chi connectivity index (χ2n) is 7.57. The number of thioether (sulfide) groups is 1. The van der Waals surface area contributed by atoms with Crippen LogP contribution in [0.1, 0.15) is 11.1 Å². The molecule has 0 N–H and O–H groups in total. The van der Waals surface area contributed by atoms with Crippen LogP contribution in [0.15, 0.2) is 90.0 Å². The first kappa shape index (κ1) is 21.6. The molecule has 0 unspecified atom stereocenters. The van der Waals surface area contributed by atoms with Crippen LogP contribution in [0, 0.1) is 6.92 Å². The average molecular weight is 488 g/mol. The van der Waals surface area contributed by atoms with E-state index < -0.39 is 0 Å². The van der Waals surface area contributed by atoms with E-state index in [2.05, 4.69) is 0 Å². The van der Waals surface area contributed by atoms with E-state index in [-0.39, 0.29) is 5.24 Å². The summed E-state index contributed by atoms with van der Waals surface area (Å²) >= 11 is 12.9. The monoisotopic (exact) mass is 487 g/mol. The fraction of sp³-hybridized carbons (Fsp3) is 0.0385. The van der Waals surface area contributed by atoms with Crippen molar-refractivity contribution in [2.75, 3.05) is 4.90 Å². The van der Waals surface area contributed by atoms with Gasteiger partial charge in [-0.05, 0) is 61.2 Å². The third kappa shape index (κ3) is 4.37. The summed E-state index contributed by atoms with van der Waals surface area (Å²) in [6.07, 6.45) is 3.89. The van der Waals surface area contributed by atoms with Crippen LogP contribution in [-0.4, -0.2) is 20.0 Å².